The second-order valence-electron chi connectivity index (χ2n) is 8.52. The average molecular weight is 478 g/mol. The van der Waals surface area contributed by atoms with Gasteiger partial charge in [0.05, 0.1) is 11.5 Å². The molecule has 10 nitrogen and oxygen atoms in total. The fourth-order valence-corrected chi connectivity index (χ4v) is 4.70. The molecular formula is C22H31N5O5S. The number of nitrogen functional groups attached to an aromatic ring is 1. The van der Waals surface area contributed by atoms with Crippen LogP contribution in [-0.4, -0.2) is 59.6 Å². The van der Waals surface area contributed by atoms with Crippen LogP contribution in [0.2, 0.25) is 0 Å². The molecular weight excluding hydrogens is 446 g/mol. The standard InChI is InChI=1S/C22H31N5O5S/c1-14(2)13-27-18(23)17(19(28)24-22(27)31)26(10-11-32-3)20(29)15-6-8-25(9-7-15)21(30)16-5-4-12-33-16/h4-5,12,14-15H,6-11,13,23H2,1-3H3,(H,24,28,31). The Morgan fingerprint density at radius 2 is 2.00 bits per heavy atom. The first-order chi connectivity index (χ1) is 15.7. The highest BCUT2D eigenvalue weighted by molar-refractivity contribution is 7.12. The molecule has 1 aliphatic heterocycles. The van der Waals surface area contributed by atoms with Gasteiger partial charge >= 0.3 is 5.69 Å². The minimum Gasteiger partial charge on any atom is -0.383 e. The van der Waals surface area contributed by atoms with Crippen LogP contribution in [0.1, 0.15) is 36.4 Å². The van der Waals surface area contributed by atoms with Crippen molar-refractivity contribution in [3.8, 4) is 0 Å². The number of rotatable bonds is 8. The lowest BCUT2D eigenvalue weighted by molar-refractivity contribution is -0.123. The first-order valence-corrected chi connectivity index (χ1v) is 11.9. The zero-order valence-electron chi connectivity index (χ0n) is 19.2. The lowest BCUT2D eigenvalue weighted by atomic mass is 9.95. The maximum absolute atomic E-state index is 13.5. The van der Waals surface area contributed by atoms with Crippen molar-refractivity contribution in [1.82, 2.24) is 14.5 Å². The number of carbonyl (C=O) groups excluding carboxylic acids is 2. The summed E-state index contributed by atoms with van der Waals surface area (Å²) in [6, 6.07) is 3.63. The summed E-state index contributed by atoms with van der Waals surface area (Å²) in [6.45, 7) is 5.38. The van der Waals surface area contributed by atoms with Gasteiger partial charge in [0, 0.05) is 39.2 Å². The lowest BCUT2D eigenvalue weighted by Gasteiger charge is -2.34. The highest BCUT2D eigenvalue weighted by Crippen LogP contribution is 2.26. The molecule has 0 unspecified atom stereocenters. The summed E-state index contributed by atoms with van der Waals surface area (Å²) in [5.41, 5.74) is 4.91. The molecule has 33 heavy (non-hydrogen) atoms. The number of aromatic amines is 1. The quantitative estimate of drug-likeness (QED) is 0.590. The summed E-state index contributed by atoms with van der Waals surface area (Å²) in [6.07, 6.45) is 0.950. The number of hydrogen-bond donors (Lipinski definition) is 2. The fourth-order valence-electron chi connectivity index (χ4n) is 4.01. The van der Waals surface area contributed by atoms with E-state index in [2.05, 4.69) is 4.98 Å². The first kappa shape index (κ1) is 24.7. The molecule has 0 aromatic carbocycles. The van der Waals surface area contributed by atoms with Crippen LogP contribution in [-0.2, 0) is 16.1 Å². The number of likely N-dealkylation sites (tertiary alicyclic amines) is 1. The number of anilines is 2. The zero-order chi connectivity index (χ0) is 24.1. The van der Waals surface area contributed by atoms with Gasteiger partial charge in [-0.25, -0.2) is 4.79 Å². The number of nitrogens with one attached hydrogen (secondary N) is 1. The number of carbonyl (C=O) groups is 2. The Balaban J connectivity index is 1.84. The van der Waals surface area contributed by atoms with Gasteiger partial charge in [-0.2, -0.15) is 0 Å². The van der Waals surface area contributed by atoms with Crippen LogP contribution in [0.4, 0.5) is 11.5 Å². The van der Waals surface area contributed by atoms with E-state index in [0.717, 1.165) is 0 Å². The summed E-state index contributed by atoms with van der Waals surface area (Å²) >= 11 is 1.39. The van der Waals surface area contributed by atoms with E-state index in [9.17, 15) is 19.2 Å². The molecule has 3 N–H and O–H groups in total. The number of aromatic nitrogens is 2. The molecule has 0 saturated carbocycles. The summed E-state index contributed by atoms with van der Waals surface area (Å²) < 4.78 is 6.44. The van der Waals surface area contributed by atoms with Gasteiger partial charge in [0.2, 0.25) is 5.91 Å². The van der Waals surface area contributed by atoms with Gasteiger partial charge < -0.3 is 20.3 Å². The van der Waals surface area contributed by atoms with Gasteiger partial charge in [0.15, 0.2) is 5.69 Å². The molecule has 1 fully saturated rings. The van der Waals surface area contributed by atoms with E-state index in [1.54, 1.807) is 11.0 Å². The molecule has 0 aliphatic carbocycles. The molecule has 3 rings (SSSR count). The number of nitrogens with zero attached hydrogens (tertiary/aromatic N) is 3. The third-order valence-electron chi connectivity index (χ3n) is 5.68. The maximum atomic E-state index is 13.5. The van der Waals surface area contributed by atoms with E-state index in [0.29, 0.717) is 37.4 Å². The molecule has 0 radical (unpaired) electrons. The van der Waals surface area contributed by atoms with Gasteiger partial charge in [-0.3, -0.25) is 23.9 Å². The molecule has 0 atom stereocenters. The molecule has 2 aromatic heterocycles. The summed E-state index contributed by atoms with van der Waals surface area (Å²) in [5.74, 6) is -0.598. The Morgan fingerprint density at radius 3 is 2.58 bits per heavy atom. The Labute approximate surface area is 196 Å². The Hall–Kier alpha value is -2.92. The monoisotopic (exact) mass is 477 g/mol. The molecule has 11 heteroatoms. The van der Waals surface area contributed by atoms with Crippen molar-refractivity contribution < 1.29 is 14.3 Å². The van der Waals surface area contributed by atoms with Crippen LogP contribution >= 0.6 is 11.3 Å². The molecule has 0 spiro atoms. The third kappa shape index (κ3) is 5.53. The molecule has 2 amide bonds. The number of hydrogen-bond acceptors (Lipinski definition) is 7. The van der Waals surface area contributed by atoms with Crippen molar-refractivity contribution >= 4 is 34.7 Å². The third-order valence-corrected chi connectivity index (χ3v) is 6.54. The first-order valence-electron chi connectivity index (χ1n) is 11.0. The van der Waals surface area contributed by atoms with E-state index in [-0.39, 0.29) is 48.3 Å². The van der Waals surface area contributed by atoms with Crippen molar-refractivity contribution in [2.45, 2.75) is 33.2 Å². The Morgan fingerprint density at radius 1 is 1.30 bits per heavy atom. The predicted molar refractivity (Wildman–Crippen MR) is 128 cm³/mol. The van der Waals surface area contributed by atoms with Crippen molar-refractivity contribution in [3.05, 3.63) is 43.2 Å². The van der Waals surface area contributed by atoms with E-state index in [4.69, 9.17) is 10.5 Å². The van der Waals surface area contributed by atoms with Crippen LogP contribution in [0.3, 0.4) is 0 Å². The van der Waals surface area contributed by atoms with Gasteiger partial charge in [-0.15, -0.1) is 11.3 Å². The zero-order valence-corrected chi connectivity index (χ0v) is 20.0. The molecule has 3 heterocycles. The minimum atomic E-state index is -0.702. The van der Waals surface area contributed by atoms with E-state index >= 15 is 0 Å². The van der Waals surface area contributed by atoms with Crippen molar-refractivity contribution in [2.24, 2.45) is 11.8 Å². The summed E-state index contributed by atoms with van der Waals surface area (Å²) in [7, 11) is 1.50. The second kappa shape index (κ2) is 10.8. The lowest BCUT2D eigenvalue weighted by Crippen LogP contribution is -2.48. The van der Waals surface area contributed by atoms with Crippen molar-refractivity contribution in [3.63, 3.8) is 0 Å². The van der Waals surface area contributed by atoms with E-state index in [1.807, 2.05) is 25.3 Å². The Bertz CT molecular complexity index is 1080. The number of piperidine rings is 1. The Kier molecular flexibility index (Phi) is 8.09. The number of ether oxygens (including phenoxy) is 1. The number of methoxy groups -OCH3 is 1. The van der Waals surface area contributed by atoms with E-state index in [1.165, 1.54) is 27.9 Å². The van der Waals surface area contributed by atoms with Crippen LogP contribution in [0.15, 0.2) is 27.1 Å². The second-order valence-corrected chi connectivity index (χ2v) is 9.47. The predicted octanol–water partition coefficient (Wildman–Crippen LogP) is 1.37. The number of H-pyrrole nitrogens is 1. The number of amides is 2. The normalized spacial score (nSPS) is 14.6. The van der Waals surface area contributed by atoms with Gasteiger partial charge in [-0.05, 0) is 30.2 Å². The highest BCUT2D eigenvalue weighted by Gasteiger charge is 2.33. The topological polar surface area (TPSA) is 131 Å². The molecule has 180 valence electrons. The molecule has 1 aliphatic rings. The van der Waals surface area contributed by atoms with Gasteiger partial charge in [0.25, 0.3) is 11.5 Å². The van der Waals surface area contributed by atoms with Crippen LogP contribution in [0.5, 0.6) is 0 Å². The molecule has 1 saturated heterocycles. The fraction of sp³-hybridized carbons (Fsp3) is 0.545. The average Bonchev–Trinajstić information content (AvgIpc) is 3.33. The molecule has 0 bridgehead atoms. The molecule has 2 aromatic rings. The number of thiophene rings is 1. The van der Waals surface area contributed by atoms with Crippen LogP contribution in [0, 0.1) is 11.8 Å². The van der Waals surface area contributed by atoms with Crippen molar-refractivity contribution in [2.75, 3.05) is 44.0 Å². The minimum absolute atomic E-state index is 0.0330. The SMILES string of the molecule is COCCN(C(=O)C1CCN(C(=O)c2cccs2)CC1)c1c(N)n(CC(C)C)c(=O)[nH]c1=O. The maximum Gasteiger partial charge on any atom is 0.330 e. The van der Waals surface area contributed by atoms with Gasteiger partial charge in [0.1, 0.15) is 5.82 Å². The van der Waals surface area contributed by atoms with Gasteiger partial charge in [-0.1, -0.05) is 19.9 Å². The smallest absolute Gasteiger partial charge is 0.330 e. The largest absolute Gasteiger partial charge is 0.383 e. The summed E-state index contributed by atoms with van der Waals surface area (Å²) in [4.78, 5) is 57.2. The van der Waals surface area contributed by atoms with E-state index < -0.39 is 11.2 Å². The highest BCUT2D eigenvalue weighted by atomic mass is 32.1. The number of nitrogens with two attached hydrogens (primary N) is 1. The van der Waals surface area contributed by atoms with Crippen LogP contribution in [0.25, 0.3) is 0 Å². The van der Waals surface area contributed by atoms with Crippen LogP contribution < -0.4 is 21.9 Å². The van der Waals surface area contributed by atoms with Crippen molar-refractivity contribution in [1.29, 1.82) is 0 Å². The summed E-state index contributed by atoms with van der Waals surface area (Å²) in [5, 5.41) is 1.86.